The Labute approximate surface area is 97.5 Å². The zero-order valence-corrected chi connectivity index (χ0v) is 10.9. The maximum Gasteiger partial charge on any atom is 0.305 e. The lowest BCUT2D eigenvalue weighted by molar-refractivity contribution is -0.299. The molecule has 0 saturated carbocycles. The zero-order chi connectivity index (χ0) is 12.6. The molecule has 1 rings (SSSR count). The van der Waals surface area contributed by atoms with Gasteiger partial charge in [-0.25, -0.2) is 0 Å². The van der Waals surface area contributed by atoms with Crippen LogP contribution in [0.25, 0.3) is 0 Å². The molecular weight excluding hydrogens is 206 g/mol. The quantitative estimate of drug-likeness (QED) is 0.681. The first-order valence-electron chi connectivity index (χ1n) is 5.86. The van der Waals surface area contributed by atoms with Gasteiger partial charge in [0.2, 0.25) is 0 Å². The number of hydroxylamine groups is 2. The van der Waals surface area contributed by atoms with Crippen LogP contribution in [0.15, 0.2) is 0 Å². The van der Waals surface area contributed by atoms with E-state index in [0.717, 1.165) is 5.06 Å². The third kappa shape index (κ3) is 2.74. The predicted molar refractivity (Wildman–Crippen MR) is 60.1 cm³/mol. The molecule has 1 aliphatic heterocycles. The molecule has 1 saturated heterocycles. The average Bonchev–Trinajstić information content (AvgIpc) is 2.13. The van der Waals surface area contributed by atoms with Gasteiger partial charge in [0.15, 0.2) is 0 Å². The van der Waals surface area contributed by atoms with Crippen LogP contribution in [0, 0.1) is 0 Å². The van der Waals surface area contributed by atoms with Crippen molar-refractivity contribution < 1.29 is 14.7 Å². The second-order valence-electron chi connectivity index (χ2n) is 5.79. The van der Waals surface area contributed by atoms with Crippen molar-refractivity contribution in [3.63, 3.8) is 0 Å². The highest BCUT2D eigenvalue weighted by atomic mass is 16.5. The summed E-state index contributed by atoms with van der Waals surface area (Å²) in [4.78, 5) is 11.3. The topological polar surface area (TPSA) is 49.4 Å². The number of carbonyl (C=O) groups is 1. The molecule has 0 spiro atoms. The molecule has 0 N–H and O–H groups in total. The minimum atomic E-state index is -0.472. The molecule has 4 nitrogen and oxygen atoms in total. The Morgan fingerprint density at radius 1 is 1.25 bits per heavy atom. The summed E-state index contributed by atoms with van der Waals surface area (Å²) in [6.45, 7) is 9.37. The summed E-state index contributed by atoms with van der Waals surface area (Å²) < 4.78 is 5.36. The van der Waals surface area contributed by atoms with Crippen molar-refractivity contribution in [3.05, 3.63) is 0 Å². The Hall–Kier alpha value is -0.610. The van der Waals surface area contributed by atoms with E-state index < -0.39 is 11.1 Å². The molecule has 0 unspecified atom stereocenters. The van der Waals surface area contributed by atoms with E-state index in [2.05, 4.69) is 0 Å². The number of hydrogen-bond donors (Lipinski definition) is 0. The second-order valence-corrected chi connectivity index (χ2v) is 5.79. The van der Waals surface area contributed by atoms with Crippen LogP contribution in [0.1, 0.15) is 53.9 Å². The second kappa shape index (κ2) is 4.34. The van der Waals surface area contributed by atoms with Crippen molar-refractivity contribution in [2.75, 3.05) is 0 Å². The molecule has 1 radical (unpaired) electrons. The largest absolute Gasteiger partial charge is 0.462 e. The molecule has 4 heteroatoms. The van der Waals surface area contributed by atoms with E-state index in [1.165, 1.54) is 0 Å². The maximum absolute atomic E-state index is 12.0. The molecule has 0 aromatic carbocycles. The molecule has 93 valence electrons. The van der Waals surface area contributed by atoms with Crippen molar-refractivity contribution in [1.29, 1.82) is 0 Å². The smallest absolute Gasteiger partial charge is 0.305 e. The Bertz CT molecular complexity index is 255. The highest BCUT2D eigenvalue weighted by molar-refractivity contribution is 5.69. The van der Waals surface area contributed by atoms with Gasteiger partial charge < -0.3 is 4.74 Å². The number of esters is 1. The Morgan fingerprint density at radius 3 is 2.06 bits per heavy atom. The van der Waals surface area contributed by atoms with E-state index >= 15 is 0 Å². The highest BCUT2D eigenvalue weighted by Gasteiger charge is 2.47. The van der Waals surface area contributed by atoms with Crippen LogP contribution in [0.5, 0.6) is 0 Å². The van der Waals surface area contributed by atoms with Crippen molar-refractivity contribution in [3.8, 4) is 0 Å². The fraction of sp³-hybridized carbons (Fsp3) is 0.917. The third-order valence-corrected chi connectivity index (χ3v) is 3.14. The first-order valence-corrected chi connectivity index (χ1v) is 5.86. The first-order chi connectivity index (χ1) is 7.19. The van der Waals surface area contributed by atoms with Gasteiger partial charge >= 0.3 is 5.97 Å². The van der Waals surface area contributed by atoms with Gasteiger partial charge in [-0.3, -0.25) is 4.79 Å². The van der Waals surface area contributed by atoms with Crippen molar-refractivity contribution in [1.82, 2.24) is 5.06 Å². The first kappa shape index (κ1) is 13.5. The number of piperidine rings is 1. The van der Waals surface area contributed by atoms with Gasteiger partial charge in [0, 0.05) is 30.3 Å². The third-order valence-electron chi connectivity index (χ3n) is 3.14. The molecule has 1 fully saturated rings. The Kier molecular flexibility index (Phi) is 3.65. The van der Waals surface area contributed by atoms with Gasteiger partial charge in [-0.15, -0.1) is 10.3 Å². The minimum absolute atomic E-state index is 0.136. The van der Waals surface area contributed by atoms with E-state index in [4.69, 9.17) is 4.74 Å². The standard InChI is InChI=1S/C12H22NO3/c1-6-10(14)16-9-7-11(2,3)13(15)12(4,5)8-9/h9H,6-8H2,1-5H3. The molecule has 16 heavy (non-hydrogen) atoms. The summed E-state index contributed by atoms with van der Waals surface area (Å²) >= 11 is 0. The van der Waals surface area contributed by atoms with Gasteiger partial charge in [-0.05, 0) is 27.7 Å². The zero-order valence-electron chi connectivity index (χ0n) is 10.9. The van der Waals surface area contributed by atoms with Crippen LogP contribution in [0.3, 0.4) is 0 Å². The van der Waals surface area contributed by atoms with Gasteiger partial charge in [-0.2, -0.15) is 0 Å². The monoisotopic (exact) mass is 228 g/mol. The van der Waals surface area contributed by atoms with Crippen LogP contribution in [-0.4, -0.2) is 28.2 Å². The van der Waals surface area contributed by atoms with E-state index in [9.17, 15) is 10.0 Å². The van der Waals surface area contributed by atoms with Crippen LogP contribution in [0.2, 0.25) is 0 Å². The van der Waals surface area contributed by atoms with E-state index in [1.807, 2.05) is 27.7 Å². The molecule has 0 aliphatic carbocycles. The normalized spacial score (nSPS) is 25.4. The minimum Gasteiger partial charge on any atom is -0.462 e. The summed E-state index contributed by atoms with van der Waals surface area (Å²) in [6, 6.07) is 0. The predicted octanol–water partition coefficient (Wildman–Crippen LogP) is 2.31. The summed E-state index contributed by atoms with van der Waals surface area (Å²) in [5, 5.41) is 13.2. The summed E-state index contributed by atoms with van der Waals surface area (Å²) in [6.07, 6.45) is 1.46. The van der Waals surface area contributed by atoms with E-state index in [1.54, 1.807) is 6.92 Å². The number of ether oxygens (including phenoxy) is 1. The van der Waals surface area contributed by atoms with Crippen LogP contribution >= 0.6 is 0 Å². The molecule has 1 heterocycles. The fourth-order valence-corrected chi connectivity index (χ4v) is 2.52. The van der Waals surface area contributed by atoms with E-state index in [0.29, 0.717) is 19.3 Å². The molecular formula is C12H22NO3. The molecule has 0 amide bonds. The number of carbonyl (C=O) groups excluding carboxylic acids is 1. The van der Waals surface area contributed by atoms with Crippen LogP contribution in [0.4, 0.5) is 0 Å². The Balaban J connectivity index is 2.75. The van der Waals surface area contributed by atoms with Gasteiger partial charge in [0.05, 0.1) is 0 Å². The molecule has 0 bridgehead atoms. The average molecular weight is 228 g/mol. The van der Waals surface area contributed by atoms with E-state index in [-0.39, 0.29) is 12.1 Å². The molecule has 0 atom stereocenters. The summed E-state index contributed by atoms with van der Waals surface area (Å²) in [5.74, 6) is -0.184. The van der Waals surface area contributed by atoms with Crippen LogP contribution < -0.4 is 0 Å². The van der Waals surface area contributed by atoms with Gasteiger partial charge in [-0.1, -0.05) is 6.92 Å². The van der Waals surface area contributed by atoms with Crippen molar-refractivity contribution >= 4 is 5.97 Å². The molecule has 0 aromatic rings. The molecule has 1 aliphatic rings. The summed E-state index contributed by atoms with van der Waals surface area (Å²) in [5.41, 5.74) is -0.944. The lowest BCUT2D eigenvalue weighted by atomic mass is 9.80. The number of hydrogen-bond acceptors (Lipinski definition) is 3. The molecule has 0 aromatic heterocycles. The number of rotatable bonds is 2. The SMILES string of the molecule is CCC(=O)OC1CC(C)(C)N([O])C(C)(C)C1. The lowest BCUT2D eigenvalue weighted by Gasteiger charge is -2.49. The summed E-state index contributed by atoms with van der Waals surface area (Å²) in [7, 11) is 0. The van der Waals surface area contributed by atoms with Crippen molar-refractivity contribution in [2.45, 2.75) is 71.1 Å². The Morgan fingerprint density at radius 2 is 1.69 bits per heavy atom. The van der Waals surface area contributed by atoms with Crippen molar-refractivity contribution in [2.24, 2.45) is 0 Å². The highest BCUT2D eigenvalue weighted by Crippen LogP contribution is 2.38. The number of nitrogens with zero attached hydrogens (tertiary/aromatic N) is 1. The van der Waals surface area contributed by atoms with Gasteiger partial charge in [0.25, 0.3) is 0 Å². The lowest BCUT2D eigenvalue weighted by Crippen LogP contribution is -2.60. The fourth-order valence-electron chi connectivity index (χ4n) is 2.52. The van der Waals surface area contributed by atoms with Gasteiger partial charge in [0.1, 0.15) is 6.10 Å². The van der Waals surface area contributed by atoms with Crippen LogP contribution in [-0.2, 0) is 14.7 Å². The maximum atomic E-state index is 12.0.